The van der Waals surface area contributed by atoms with Crippen LogP contribution in [-0.4, -0.2) is 65.6 Å². The van der Waals surface area contributed by atoms with Crippen LogP contribution < -0.4 is 10.1 Å². The molecule has 8 heteroatoms. The maximum absolute atomic E-state index is 14.7. The maximum atomic E-state index is 14.7. The standard InChI is InChI=1S/C30H40FN3O4/c1-30(2,31)21-17-25-24(9-5-10-26(25)38-19-21)27(29(35)36)34-15-13-23(18-34)37-16-4-3-8-22-12-11-20-7-6-14-32-28(20)33-22/h5,9-12,21,23,27H,3-4,6-8,13-19H2,1-2H3,(H,32,33)(H,35,36)/t21-,23-,27?/m1/s1. The van der Waals surface area contributed by atoms with E-state index in [9.17, 15) is 14.3 Å². The van der Waals surface area contributed by atoms with Crippen molar-refractivity contribution < 1.29 is 23.8 Å². The summed E-state index contributed by atoms with van der Waals surface area (Å²) in [5, 5.41) is 13.6. The topological polar surface area (TPSA) is 83.9 Å². The van der Waals surface area contributed by atoms with E-state index in [-0.39, 0.29) is 12.0 Å². The first-order chi connectivity index (χ1) is 18.3. The summed E-state index contributed by atoms with van der Waals surface area (Å²) < 4.78 is 26.7. The summed E-state index contributed by atoms with van der Waals surface area (Å²) >= 11 is 0. The van der Waals surface area contributed by atoms with Crippen molar-refractivity contribution in [1.29, 1.82) is 0 Å². The smallest absolute Gasteiger partial charge is 0.325 e. The van der Waals surface area contributed by atoms with Gasteiger partial charge in [-0.3, -0.25) is 9.69 Å². The van der Waals surface area contributed by atoms with Gasteiger partial charge >= 0.3 is 5.97 Å². The summed E-state index contributed by atoms with van der Waals surface area (Å²) in [4.78, 5) is 19.2. The van der Waals surface area contributed by atoms with Crippen LogP contribution in [0.4, 0.5) is 10.2 Å². The van der Waals surface area contributed by atoms with E-state index in [0.717, 1.165) is 62.1 Å². The fourth-order valence-electron chi connectivity index (χ4n) is 5.91. The molecule has 5 rings (SSSR count). The summed E-state index contributed by atoms with van der Waals surface area (Å²) in [5.41, 5.74) is 2.54. The lowest BCUT2D eigenvalue weighted by Gasteiger charge is -2.35. The first-order valence-electron chi connectivity index (χ1n) is 14.0. The second-order valence-electron chi connectivity index (χ2n) is 11.4. The Morgan fingerprint density at radius 1 is 1.32 bits per heavy atom. The molecule has 0 radical (unpaired) electrons. The van der Waals surface area contributed by atoms with Gasteiger partial charge in [-0.05, 0) is 82.1 Å². The quantitative estimate of drug-likeness (QED) is 0.424. The van der Waals surface area contributed by atoms with Gasteiger partial charge in [0.05, 0.1) is 12.7 Å². The zero-order valence-corrected chi connectivity index (χ0v) is 22.5. The predicted octanol–water partition coefficient (Wildman–Crippen LogP) is 4.98. The highest BCUT2D eigenvalue weighted by atomic mass is 19.1. The third-order valence-corrected chi connectivity index (χ3v) is 8.23. The highest BCUT2D eigenvalue weighted by Crippen LogP contribution is 2.39. The van der Waals surface area contributed by atoms with Crippen LogP contribution in [0, 0.1) is 5.92 Å². The number of fused-ring (bicyclic) bond motifs is 2. The summed E-state index contributed by atoms with van der Waals surface area (Å²) in [6.45, 7) is 6.29. The molecule has 1 aromatic carbocycles. The number of pyridine rings is 1. The number of unbranched alkanes of at least 4 members (excludes halogenated alkanes) is 1. The third-order valence-electron chi connectivity index (χ3n) is 8.23. The van der Waals surface area contributed by atoms with Crippen LogP contribution in [0.5, 0.6) is 5.75 Å². The lowest BCUT2D eigenvalue weighted by molar-refractivity contribution is -0.143. The van der Waals surface area contributed by atoms with Crippen molar-refractivity contribution in [2.24, 2.45) is 5.92 Å². The molecule has 1 fully saturated rings. The number of aryl methyl sites for hydroxylation is 2. The van der Waals surface area contributed by atoms with Gasteiger partial charge in [-0.25, -0.2) is 9.37 Å². The van der Waals surface area contributed by atoms with Gasteiger partial charge in [0.1, 0.15) is 23.3 Å². The number of likely N-dealkylation sites (tertiary alicyclic amines) is 1. The summed E-state index contributed by atoms with van der Waals surface area (Å²) in [5.74, 6) is 0.505. The van der Waals surface area contributed by atoms with Crippen molar-refractivity contribution in [3.63, 3.8) is 0 Å². The molecule has 38 heavy (non-hydrogen) atoms. The van der Waals surface area contributed by atoms with E-state index in [1.807, 2.05) is 23.1 Å². The average molecular weight is 526 g/mol. The number of carboxylic acids is 1. The van der Waals surface area contributed by atoms with Gasteiger partial charge < -0.3 is 19.9 Å². The molecule has 206 valence electrons. The Bertz CT molecular complexity index is 1130. The number of halogens is 1. The molecular formula is C30H40FN3O4. The van der Waals surface area contributed by atoms with Gasteiger partial charge in [0.25, 0.3) is 0 Å². The van der Waals surface area contributed by atoms with Crippen LogP contribution >= 0.6 is 0 Å². The fraction of sp³-hybridized carbons (Fsp3) is 0.600. The highest BCUT2D eigenvalue weighted by Gasteiger charge is 2.39. The second-order valence-corrected chi connectivity index (χ2v) is 11.4. The number of hydrogen-bond donors (Lipinski definition) is 2. The van der Waals surface area contributed by atoms with Crippen LogP contribution in [0.1, 0.15) is 68.0 Å². The Kier molecular flexibility index (Phi) is 8.19. The van der Waals surface area contributed by atoms with Crippen molar-refractivity contribution >= 4 is 11.8 Å². The van der Waals surface area contributed by atoms with Crippen molar-refractivity contribution in [2.75, 3.05) is 38.2 Å². The molecule has 7 nitrogen and oxygen atoms in total. The Hall–Kier alpha value is -2.71. The first-order valence-corrected chi connectivity index (χ1v) is 14.0. The number of anilines is 1. The fourth-order valence-corrected chi connectivity index (χ4v) is 5.91. The lowest BCUT2D eigenvalue weighted by Crippen LogP contribution is -2.38. The molecule has 1 unspecified atom stereocenters. The number of carbonyl (C=O) groups is 1. The van der Waals surface area contributed by atoms with Crippen molar-refractivity contribution in [1.82, 2.24) is 9.88 Å². The van der Waals surface area contributed by atoms with E-state index in [1.165, 1.54) is 5.56 Å². The van der Waals surface area contributed by atoms with E-state index in [0.29, 0.717) is 44.0 Å². The van der Waals surface area contributed by atoms with Gasteiger partial charge in [0.2, 0.25) is 0 Å². The van der Waals surface area contributed by atoms with Crippen molar-refractivity contribution in [3.8, 4) is 5.75 Å². The molecule has 0 spiro atoms. The number of nitrogens with one attached hydrogen (secondary N) is 1. The van der Waals surface area contributed by atoms with Crippen molar-refractivity contribution in [2.45, 2.75) is 76.6 Å². The van der Waals surface area contributed by atoms with Gasteiger partial charge in [0.15, 0.2) is 0 Å². The number of hydrogen-bond acceptors (Lipinski definition) is 6. The number of alkyl halides is 1. The minimum atomic E-state index is -1.40. The van der Waals surface area contributed by atoms with Crippen LogP contribution in [0.3, 0.4) is 0 Å². The highest BCUT2D eigenvalue weighted by molar-refractivity contribution is 5.76. The molecule has 3 aliphatic heterocycles. The zero-order chi connectivity index (χ0) is 26.7. The summed E-state index contributed by atoms with van der Waals surface area (Å²) in [7, 11) is 0. The number of rotatable bonds is 10. The molecule has 0 amide bonds. The minimum absolute atomic E-state index is 0.0104. The van der Waals surface area contributed by atoms with E-state index in [4.69, 9.17) is 14.5 Å². The lowest BCUT2D eigenvalue weighted by atomic mass is 9.82. The predicted molar refractivity (Wildman–Crippen MR) is 145 cm³/mol. The Balaban J connectivity index is 1.14. The molecule has 0 bridgehead atoms. The second kappa shape index (κ2) is 11.6. The zero-order valence-electron chi connectivity index (χ0n) is 22.5. The average Bonchev–Trinajstić information content (AvgIpc) is 3.36. The molecule has 3 aliphatic rings. The van der Waals surface area contributed by atoms with Crippen LogP contribution in [0.25, 0.3) is 0 Å². The largest absolute Gasteiger partial charge is 0.493 e. The Labute approximate surface area is 224 Å². The summed E-state index contributed by atoms with van der Waals surface area (Å²) in [6.07, 6.45) is 6.41. The number of nitrogens with zero attached hydrogens (tertiary/aromatic N) is 2. The van der Waals surface area contributed by atoms with Gasteiger partial charge in [-0.2, -0.15) is 0 Å². The Morgan fingerprint density at radius 3 is 3.00 bits per heavy atom. The first kappa shape index (κ1) is 26.9. The van der Waals surface area contributed by atoms with Crippen molar-refractivity contribution in [3.05, 3.63) is 52.7 Å². The van der Waals surface area contributed by atoms with Crippen LogP contribution in [0.2, 0.25) is 0 Å². The van der Waals surface area contributed by atoms with Crippen LogP contribution in [0.15, 0.2) is 30.3 Å². The van der Waals surface area contributed by atoms with Crippen LogP contribution in [-0.2, 0) is 28.8 Å². The number of carboxylic acid groups (broad SMARTS) is 1. The van der Waals surface area contributed by atoms with E-state index >= 15 is 0 Å². The Morgan fingerprint density at radius 2 is 2.18 bits per heavy atom. The SMILES string of the molecule is CC(C)(F)[C@H]1COc2cccc(C(C(=O)O)N3CC[C@@H](OCCCCc4ccc5c(n4)NCCC5)C3)c2C1. The normalized spacial score (nSPS) is 22.2. The molecule has 3 atom stereocenters. The monoisotopic (exact) mass is 525 g/mol. The van der Waals surface area contributed by atoms with E-state index in [1.54, 1.807) is 13.8 Å². The molecule has 0 aliphatic carbocycles. The molecule has 0 saturated carbocycles. The maximum Gasteiger partial charge on any atom is 0.325 e. The number of aromatic nitrogens is 1. The minimum Gasteiger partial charge on any atom is -0.493 e. The van der Waals surface area contributed by atoms with Gasteiger partial charge in [0, 0.05) is 43.4 Å². The van der Waals surface area contributed by atoms with E-state index < -0.39 is 17.7 Å². The number of aliphatic carboxylic acids is 1. The molecular weight excluding hydrogens is 485 g/mol. The third kappa shape index (κ3) is 6.12. The summed E-state index contributed by atoms with van der Waals surface area (Å²) in [6, 6.07) is 9.08. The van der Waals surface area contributed by atoms with Gasteiger partial charge in [-0.1, -0.05) is 18.2 Å². The van der Waals surface area contributed by atoms with E-state index in [2.05, 4.69) is 17.4 Å². The number of ether oxygens (including phenoxy) is 2. The number of benzene rings is 1. The molecule has 2 aromatic rings. The van der Waals surface area contributed by atoms with Gasteiger partial charge in [-0.15, -0.1) is 0 Å². The molecule has 1 saturated heterocycles. The molecule has 4 heterocycles. The molecule has 1 aromatic heterocycles. The molecule has 2 N–H and O–H groups in total.